The number of nitrogens with one attached hydrogen (secondary N) is 1. The second-order valence-corrected chi connectivity index (χ2v) is 5.86. The van der Waals surface area contributed by atoms with E-state index < -0.39 is 12.8 Å². The van der Waals surface area contributed by atoms with Crippen LogP contribution in [0.4, 0.5) is 9.18 Å². The summed E-state index contributed by atoms with van der Waals surface area (Å²) in [5, 5.41) is 2.38. The molecule has 0 atom stereocenters. The summed E-state index contributed by atoms with van der Waals surface area (Å²) in [7, 11) is 0. The first-order chi connectivity index (χ1) is 13.3. The average molecular weight is 364 g/mol. The largest absolute Gasteiger partial charge is 0.451 e. The van der Waals surface area contributed by atoms with Crippen LogP contribution in [0, 0.1) is 0 Å². The zero-order chi connectivity index (χ0) is 18.6. The van der Waals surface area contributed by atoms with Crippen molar-refractivity contribution in [1.82, 2.24) is 9.88 Å². The van der Waals surface area contributed by atoms with E-state index in [4.69, 9.17) is 9.47 Å². The minimum atomic E-state index is -0.738. The Bertz CT molecular complexity index is 995. The van der Waals surface area contributed by atoms with Gasteiger partial charge in [0.2, 0.25) is 0 Å². The maximum atomic E-state index is 12.4. The Morgan fingerprint density at radius 1 is 1.04 bits per heavy atom. The number of hydrogen-bond donors (Lipinski definition) is 1. The normalized spacial score (nSPS) is 12.5. The highest BCUT2D eigenvalue weighted by molar-refractivity contribution is 5.90. The van der Waals surface area contributed by atoms with Gasteiger partial charge in [-0.1, -0.05) is 42.5 Å². The van der Waals surface area contributed by atoms with Crippen molar-refractivity contribution in [3.63, 3.8) is 0 Å². The monoisotopic (exact) mass is 364 g/mol. The molecule has 27 heavy (non-hydrogen) atoms. The van der Waals surface area contributed by atoms with Gasteiger partial charge in [-0.15, -0.1) is 0 Å². The number of aromatic nitrogens is 1. The molecule has 1 N–H and O–H groups in total. The molecule has 6 heteroatoms. The molecule has 0 aliphatic carbocycles. The topological polar surface area (TPSA) is 52.5 Å². The Kier molecular flexibility index (Phi) is 4.61. The lowest BCUT2D eigenvalue weighted by Gasteiger charge is -2.14. The summed E-state index contributed by atoms with van der Waals surface area (Å²) >= 11 is 0. The summed E-state index contributed by atoms with van der Waals surface area (Å²) in [5.74, 6) is 1.31. The van der Waals surface area contributed by atoms with E-state index in [1.165, 1.54) is 0 Å². The highest BCUT2D eigenvalue weighted by Crippen LogP contribution is 2.38. The number of hydrogen-bond acceptors (Lipinski definition) is 3. The number of halogens is 1. The number of carbonyl (C=O) groups excluding carboxylic acids is 1. The van der Waals surface area contributed by atoms with Crippen molar-refractivity contribution >= 4 is 17.6 Å². The molecule has 4 rings (SSSR count). The summed E-state index contributed by atoms with van der Waals surface area (Å²) < 4.78 is 26.0. The number of fused-ring (bicyclic) bond motifs is 3. The Morgan fingerprint density at radius 2 is 1.81 bits per heavy atom. The Balaban J connectivity index is 1.88. The molecule has 1 aromatic heterocycles. The first-order valence-corrected chi connectivity index (χ1v) is 8.54. The lowest BCUT2D eigenvalue weighted by molar-refractivity contribution is 0.190. The highest BCUT2D eigenvalue weighted by atomic mass is 19.1. The zero-order valence-electron chi connectivity index (χ0n) is 14.4. The number of rotatable bonds is 4. The molecular formula is C21H17FN2O3. The highest BCUT2D eigenvalue weighted by Gasteiger charge is 2.26. The molecule has 2 aromatic carbocycles. The van der Waals surface area contributed by atoms with Gasteiger partial charge in [-0.05, 0) is 24.3 Å². The smallest absolute Gasteiger partial charge is 0.412 e. The van der Waals surface area contributed by atoms with E-state index in [-0.39, 0.29) is 12.3 Å². The van der Waals surface area contributed by atoms with Crippen LogP contribution in [0.1, 0.15) is 11.3 Å². The third-order valence-corrected chi connectivity index (χ3v) is 4.12. The van der Waals surface area contributed by atoms with Gasteiger partial charge < -0.3 is 19.4 Å². The summed E-state index contributed by atoms with van der Waals surface area (Å²) in [6.45, 7) is -0.785. The number of amides is 1. The average Bonchev–Trinajstić information content (AvgIpc) is 3.15. The van der Waals surface area contributed by atoms with Crippen LogP contribution in [0.15, 0.2) is 72.9 Å². The number of carbonyl (C=O) groups is 1. The Labute approximate surface area is 155 Å². The van der Waals surface area contributed by atoms with Gasteiger partial charge in [0.1, 0.15) is 6.67 Å². The number of alkyl halides is 1. The van der Waals surface area contributed by atoms with E-state index in [1.54, 1.807) is 0 Å². The summed E-state index contributed by atoms with van der Waals surface area (Å²) in [6, 6.07) is 20.7. The van der Waals surface area contributed by atoms with Crippen LogP contribution in [0.2, 0.25) is 0 Å². The van der Waals surface area contributed by atoms with Gasteiger partial charge in [0, 0.05) is 18.3 Å². The minimum Gasteiger partial charge on any atom is -0.451 e. The maximum absolute atomic E-state index is 12.4. The molecule has 0 spiro atoms. The van der Waals surface area contributed by atoms with Gasteiger partial charge in [-0.25, -0.2) is 9.18 Å². The molecule has 0 radical (unpaired) electrons. The molecule has 2 heterocycles. The number of nitrogens with zero attached hydrogens (tertiary/aromatic N) is 1. The van der Waals surface area contributed by atoms with E-state index in [9.17, 15) is 9.18 Å². The van der Waals surface area contributed by atoms with Crippen molar-refractivity contribution in [3.8, 4) is 11.4 Å². The molecule has 1 amide bonds. The molecule has 5 nitrogen and oxygen atoms in total. The summed E-state index contributed by atoms with van der Waals surface area (Å²) in [4.78, 5) is 12.2. The van der Waals surface area contributed by atoms with Crippen LogP contribution in [0.25, 0.3) is 17.2 Å². The molecule has 0 saturated carbocycles. The van der Waals surface area contributed by atoms with Gasteiger partial charge in [-0.3, -0.25) is 0 Å². The lowest BCUT2D eigenvalue weighted by atomic mass is 10.1. The van der Waals surface area contributed by atoms with Gasteiger partial charge in [-0.2, -0.15) is 0 Å². The van der Waals surface area contributed by atoms with Crippen LogP contribution in [-0.4, -0.2) is 23.9 Å². The van der Waals surface area contributed by atoms with Crippen LogP contribution in [0.3, 0.4) is 0 Å². The molecule has 1 aliphatic rings. The van der Waals surface area contributed by atoms with Crippen molar-refractivity contribution < 1.29 is 18.7 Å². The van der Waals surface area contributed by atoms with Gasteiger partial charge >= 0.3 is 6.09 Å². The maximum Gasteiger partial charge on any atom is 0.412 e. The minimum absolute atomic E-state index is 0.116. The Hall–Kier alpha value is -3.54. The summed E-state index contributed by atoms with van der Waals surface area (Å²) in [6.07, 6.45) is 1.13. The van der Waals surface area contributed by atoms with E-state index in [0.717, 1.165) is 11.3 Å². The number of benzene rings is 2. The van der Waals surface area contributed by atoms with Crippen LogP contribution in [-0.2, 0) is 4.74 Å². The van der Waals surface area contributed by atoms with Gasteiger partial charge in [0.15, 0.2) is 17.3 Å². The molecule has 0 bridgehead atoms. The van der Waals surface area contributed by atoms with Crippen molar-refractivity contribution in [2.75, 3.05) is 13.2 Å². The third kappa shape index (κ3) is 3.29. The fourth-order valence-electron chi connectivity index (χ4n) is 2.95. The molecular weight excluding hydrogens is 347 g/mol. The fourth-order valence-corrected chi connectivity index (χ4v) is 2.95. The van der Waals surface area contributed by atoms with E-state index in [0.29, 0.717) is 17.2 Å². The van der Waals surface area contributed by atoms with E-state index in [2.05, 4.69) is 5.32 Å². The van der Waals surface area contributed by atoms with Gasteiger partial charge in [0.25, 0.3) is 0 Å². The number of alkyl carbamates (subject to hydrolysis) is 1. The van der Waals surface area contributed by atoms with Gasteiger partial charge in [0.05, 0.1) is 11.4 Å². The third-order valence-electron chi connectivity index (χ3n) is 4.12. The van der Waals surface area contributed by atoms with Crippen LogP contribution >= 0.6 is 0 Å². The van der Waals surface area contributed by atoms with Crippen molar-refractivity contribution in [3.05, 3.63) is 84.2 Å². The molecule has 136 valence electrons. The first kappa shape index (κ1) is 16.9. The van der Waals surface area contributed by atoms with Crippen molar-refractivity contribution in [2.45, 2.75) is 0 Å². The lowest BCUT2D eigenvalue weighted by Crippen LogP contribution is -2.26. The second-order valence-electron chi connectivity index (χ2n) is 5.86. The molecule has 3 aromatic rings. The predicted molar refractivity (Wildman–Crippen MR) is 100 cm³/mol. The van der Waals surface area contributed by atoms with Crippen molar-refractivity contribution in [2.24, 2.45) is 0 Å². The second kappa shape index (κ2) is 7.37. The van der Waals surface area contributed by atoms with Crippen LogP contribution < -0.4 is 10.1 Å². The van der Waals surface area contributed by atoms with E-state index >= 15 is 0 Å². The zero-order valence-corrected chi connectivity index (χ0v) is 14.4. The number of ether oxygens (including phenoxy) is 2. The quantitative estimate of drug-likeness (QED) is 0.747. The molecule has 0 saturated heterocycles. The van der Waals surface area contributed by atoms with Crippen molar-refractivity contribution in [1.29, 1.82) is 0 Å². The SMILES string of the molecule is O=C(NCCF)OC1=C(c2ccccc2)Oc2ccccc2-n2cccc21. The predicted octanol–water partition coefficient (Wildman–Crippen LogP) is 4.39. The standard InChI is InChI=1S/C21H17FN2O3/c22-12-13-23-21(25)27-20-17-10-6-14-24(17)16-9-4-5-11-18(16)26-19(20)15-7-2-1-3-8-15/h1-11,14H,12-13H2,(H,23,25). The van der Waals surface area contributed by atoms with Crippen LogP contribution in [0.5, 0.6) is 5.75 Å². The van der Waals surface area contributed by atoms with E-state index in [1.807, 2.05) is 77.5 Å². The Morgan fingerprint density at radius 3 is 2.63 bits per heavy atom. The fraction of sp³-hybridized carbons (Fsp3) is 0.0952. The number of para-hydroxylation sites is 2. The first-order valence-electron chi connectivity index (χ1n) is 8.54. The molecule has 1 aliphatic heterocycles. The summed E-state index contributed by atoms with van der Waals surface area (Å²) in [5.41, 5.74) is 2.25. The molecule has 0 fully saturated rings. The molecule has 0 unspecified atom stereocenters.